The summed E-state index contributed by atoms with van der Waals surface area (Å²) in [6.07, 6.45) is 2.18. The number of amides is 2. The van der Waals surface area contributed by atoms with Gasteiger partial charge in [-0.05, 0) is 47.0 Å². The van der Waals surface area contributed by atoms with Gasteiger partial charge in [0.2, 0.25) is 0 Å². The van der Waals surface area contributed by atoms with E-state index < -0.39 is 0 Å². The molecule has 1 rings (SSSR count). The number of carbonyl (C=O) groups is 1. The molecule has 0 aromatic rings. The molecular formula is C14H30N4O. The van der Waals surface area contributed by atoms with E-state index >= 15 is 0 Å². The maximum Gasteiger partial charge on any atom is 0.317 e. The summed E-state index contributed by atoms with van der Waals surface area (Å²) in [5.41, 5.74) is 0. The Labute approximate surface area is 117 Å². The van der Waals surface area contributed by atoms with Crippen LogP contribution >= 0.6 is 0 Å². The molecule has 0 bridgehead atoms. The van der Waals surface area contributed by atoms with E-state index in [0.29, 0.717) is 0 Å². The van der Waals surface area contributed by atoms with Gasteiger partial charge in [0.15, 0.2) is 0 Å². The van der Waals surface area contributed by atoms with Crippen LogP contribution in [0.15, 0.2) is 0 Å². The third-order valence-corrected chi connectivity index (χ3v) is 3.72. The van der Waals surface area contributed by atoms with E-state index in [0.717, 1.165) is 45.7 Å². The zero-order valence-corrected chi connectivity index (χ0v) is 13.0. The van der Waals surface area contributed by atoms with Crippen molar-refractivity contribution in [1.29, 1.82) is 0 Å². The van der Waals surface area contributed by atoms with E-state index in [2.05, 4.69) is 43.1 Å². The number of hydrogen-bond donors (Lipinski definition) is 1. The largest absolute Gasteiger partial charge is 0.336 e. The van der Waals surface area contributed by atoms with Crippen LogP contribution in [0.3, 0.4) is 0 Å². The van der Waals surface area contributed by atoms with Crippen molar-refractivity contribution in [3.63, 3.8) is 0 Å². The van der Waals surface area contributed by atoms with Crippen LogP contribution < -0.4 is 5.32 Å². The van der Waals surface area contributed by atoms with E-state index in [1.807, 2.05) is 4.90 Å². The number of nitrogens with zero attached hydrogens (tertiary/aromatic N) is 3. The van der Waals surface area contributed by atoms with Crippen LogP contribution in [0.2, 0.25) is 0 Å². The van der Waals surface area contributed by atoms with E-state index in [1.165, 1.54) is 6.42 Å². The number of urea groups is 1. The normalized spacial score (nSPS) is 18.7. The molecular weight excluding hydrogens is 240 g/mol. The second-order valence-corrected chi connectivity index (χ2v) is 5.74. The minimum Gasteiger partial charge on any atom is -0.336 e. The molecule has 19 heavy (non-hydrogen) atoms. The SMILES string of the molecule is CCC(C)NC(=O)N1CCN(CCCN(C)C)CC1. The van der Waals surface area contributed by atoms with Gasteiger partial charge in [-0.3, -0.25) is 4.90 Å². The Kier molecular flexibility index (Phi) is 7.16. The topological polar surface area (TPSA) is 38.8 Å². The van der Waals surface area contributed by atoms with Crippen molar-refractivity contribution in [2.75, 3.05) is 53.4 Å². The van der Waals surface area contributed by atoms with Crippen LogP contribution in [0.5, 0.6) is 0 Å². The Balaban J connectivity index is 2.19. The van der Waals surface area contributed by atoms with Crippen molar-refractivity contribution >= 4 is 6.03 Å². The molecule has 0 spiro atoms. The average Bonchev–Trinajstić information content (AvgIpc) is 2.38. The van der Waals surface area contributed by atoms with Crippen molar-refractivity contribution < 1.29 is 4.79 Å². The summed E-state index contributed by atoms with van der Waals surface area (Å²) in [5, 5.41) is 3.03. The van der Waals surface area contributed by atoms with Gasteiger partial charge in [0.25, 0.3) is 0 Å². The average molecular weight is 270 g/mol. The van der Waals surface area contributed by atoms with Crippen LogP contribution in [-0.2, 0) is 0 Å². The van der Waals surface area contributed by atoms with Gasteiger partial charge in [0, 0.05) is 32.2 Å². The number of nitrogens with one attached hydrogen (secondary N) is 1. The number of hydrogen-bond acceptors (Lipinski definition) is 3. The zero-order valence-electron chi connectivity index (χ0n) is 13.0. The lowest BCUT2D eigenvalue weighted by molar-refractivity contribution is 0.135. The molecule has 1 N–H and O–H groups in total. The Bertz CT molecular complexity index is 262. The maximum atomic E-state index is 12.0. The molecule has 0 aromatic carbocycles. The van der Waals surface area contributed by atoms with Crippen molar-refractivity contribution in [2.24, 2.45) is 0 Å². The van der Waals surface area contributed by atoms with Gasteiger partial charge in [-0.15, -0.1) is 0 Å². The van der Waals surface area contributed by atoms with Gasteiger partial charge < -0.3 is 15.1 Å². The molecule has 2 amide bonds. The van der Waals surface area contributed by atoms with Gasteiger partial charge in [0.05, 0.1) is 0 Å². The highest BCUT2D eigenvalue weighted by Gasteiger charge is 2.21. The van der Waals surface area contributed by atoms with Gasteiger partial charge in [-0.25, -0.2) is 4.79 Å². The van der Waals surface area contributed by atoms with Crippen LogP contribution in [0.1, 0.15) is 26.7 Å². The monoisotopic (exact) mass is 270 g/mol. The second kappa shape index (κ2) is 8.38. The smallest absolute Gasteiger partial charge is 0.317 e. The fourth-order valence-corrected chi connectivity index (χ4v) is 2.19. The van der Waals surface area contributed by atoms with Gasteiger partial charge >= 0.3 is 6.03 Å². The third kappa shape index (κ3) is 6.25. The molecule has 1 aliphatic rings. The summed E-state index contributed by atoms with van der Waals surface area (Å²) in [4.78, 5) is 18.6. The second-order valence-electron chi connectivity index (χ2n) is 5.74. The molecule has 0 radical (unpaired) electrons. The lowest BCUT2D eigenvalue weighted by Crippen LogP contribution is -2.53. The molecule has 1 heterocycles. The molecule has 0 saturated carbocycles. The van der Waals surface area contributed by atoms with Crippen LogP contribution in [-0.4, -0.2) is 80.1 Å². The third-order valence-electron chi connectivity index (χ3n) is 3.72. The molecule has 1 atom stereocenters. The van der Waals surface area contributed by atoms with Gasteiger partial charge in [-0.1, -0.05) is 6.92 Å². The Hall–Kier alpha value is -0.810. The van der Waals surface area contributed by atoms with Crippen LogP contribution in [0, 0.1) is 0 Å². The lowest BCUT2D eigenvalue weighted by Gasteiger charge is -2.35. The standard InChI is InChI=1S/C14H30N4O/c1-5-13(2)15-14(19)18-11-9-17(10-12-18)8-6-7-16(3)4/h13H,5-12H2,1-4H3,(H,15,19). The van der Waals surface area contributed by atoms with E-state index in [1.54, 1.807) is 0 Å². The summed E-state index contributed by atoms with van der Waals surface area (Å²) in [5.74, 6) is 0. The molecule has 0 aliphatic carbocycles. The minimum atomic E-state index is 0.0993. The highest BCUT2D eigenvalue weighted by Crippen LogP contribution is 2.04. The highest BCUT2D eigenvalue weighted by molar-refractivity contribution is 5.74. The fraction of sp³-hybridized carbons (Fsp3) is 0.929. The quantitative estimate of drug-likeness (QED) is 0.784. The molecule has 1 fully saturated rings. The Morgan fingerprint density at radius 2 is 1.89 bits per heavy atom. The van der Waals surface area contributed by atoms with E-state index in [-0.39, 0.29) is 12.1 Å². The molecule has 1 aliphatic heterocycles. The first-order valence-electron chi connectivity index (χ1n) is 7.45. The first kappa shape index (κ1) is 16.2. The van der Waals surface area contributed by atoms with Gasteiger partial charge in [-0.2, -0.15) is 0 Å². The van der Waals surface area contributed by atoms with Crippen molar-refractivity contribution in [2.45, 2.75) is 32.7 Å². The maximum absolute atomic E-state index is 12.0. The van der Waals surface area contributed by atoms with Gasteiger partial charge in [0.1, 0.15) is 0 Å². The zero-order chi connectivity index (χ0) is 14.3. The van der Waals surface area contributed by atoms with Crippen molar-refractivity contribution in [3.8, 4) is 0 Å². The predicted octanol–water partition coefficient (Wildman–Crippen LogP) is 1.06. The Morgan fingerprint density at radius 3 is 2.42 bits per heavy atom. The Morgan fingerprint density at radius 1 is 1.26 bits per heavy atom. The van der Waals surface area contributed by atoms with Crippen molar-refractivity contribution in [1.82, 2.24) is 20.0 Å². The molecule has 1 unspecified atom stereocenters. The molecule has 112 valence electrons. The fourth-order valence-electron chi connectivity index (χ4n) is 2.19. The molecule has 0 aromatic heterocycles. The minimum absolute atomic E-state index is 0.0993. The van der Waals surface area contributed by atoms with E-state index in [9.17, 15) is 4.79 Å². The van der Waals surface area contributed by atoms with Crippen LogP contribution in [0.25, 0.3) is 0 Å². The summed E-state index contributed by atoms with van der Waals surface area (Å²) >= 11 is 0. The number of rotatable bonds is 6. The first-order chi connectivity index (χ1) is 9.02. The lowest BCUT2D eigenvalue weighted by atomic mass is 10.2. The molecule has 5 nitrogen and oxygen atoms in total. The summed E-state index contributed by atoms with van der Waals surface area (Å²) in [6, 6.07) is 0.368. The number of carbonyl (C=O) groups excluding carboxylic acids is 1. The number of piperazine rings is 1. The molecule has 5 heteroatoms. The van der Waals surface area contributed by atoms with E-state index in [4.69, 9.17) is 0 Å². The first-order valence-corrected chi connectivity index (χ1v) is 7.45. The highest BCUT2D eigenvalue weighted by atomic mass is 16.2. The summed E-state index contributed by atoms with van der Waals surface area (Å²) in [7, 11) is 4.22. The predicted molar refractivity (Wildman–Crippen MR) is 79.5 cm³/mol. The van der Waals surface area contributed by atoms with Crippen LogP contribution in [0.4, 0.5) is 4.79 Å². The summed E-state index contributed by atoms with van der Waals surface area (Å²) in [6.45, 7) is 10.1. The summed E-state index contributed by atoms with van der Waals surface area (Å²) < 4.78 is 0. The van der Waals surface area contributed by atoms with Crippen molar-refractivity contribution in [3.05, 3.63) is 0 Å². The molecule has 1 saturated heterocycles.